The van der Waals surface area contributed by atoms with E-state index in [1.807, 2.05) is 13.0 Å². The molecule has 9 atom stereocenters. The van der Waals surface area contributed by atoms with E-state index in [0.717, 1.165) is 50.5 Å². The maximum absolute atomic E-state index is 14.3. The van der Waals surface area contributed by atoms with Crippen molar-refractivity contribution in [1.82, 2.24) is 0 Å². The van der Waals surface area contributed by atoms with Crippen LogP contribution >= 0.6 is 0 Å². The first-order valence-electron chi connectivity index (χ1n) is 15.4. The highest BCUT2D eigenvalue weighted by molar-refractivity contribution is 6.01. The van der Waals surface area contributed by atoms with Crippen molar-refractivity contribution in [2.75, 3.05) is 13.2 Å². The average Bonchev–Trinajstić information content (AvgIpc) is 3.45. The average molecular weight is 588 g/mol. The number of nitrogens with zero attached hydrogens (tertiary/aromatic N) is 1. The summed E-state index contributed by atoms with van der Waals surface area (Å²) in [6.07, 6.45) is 10.8. The van der Waals surface area contributed by atoms with Crippen molar-refractivity contribution in [3.63, 3.8) is 0 Å². The van der Waals surface area contributed by atoms with Crippen molar-refractivity contribution in [2.45, 2.75) is 102 Å². The molecule has 1 saturated heterocycles. The molecule has 11 heteroatoms. The van der Waals surface area contributed by atoms with Gasteiger partial charge in [0.1, 0.15) is 6.61 Å². The van der Waals surface area contributed by atoms with Crippen LogP contribution in [-0.2, 0) is 33.4 Å². The number of rotatable bonds is 8. The van der Waals surface area contributed by atoms with Crippen LogP contribution in [0.4, 0.5) is 0 Å². The molecule has 0 aromatic rings. The molecule has 1 aliphatic heterocycles. The summed E-state index contributed by atoms with van der Waals surface area (Å²) < 4.78 is 18.7. The van der Waals surface area contributed by atoms with Crippen LogP contribution in [0.5, 0.6) is 0 Å². The highest BCUT2D eigenvalue weighted by atomic mass is 16.9. The van der Waals surface area contributed by atoms with Gasteiger partial charge in [0.15, 0.2) is 24.3 Å². The number of ketones is 2. The lowest BCUT2D eigenvalue weighted by molar-refractivity contribution is -0.757. The van der Waals surface area contributed by atoms with Gasteiger partial charge < -0.3 is 24.2 Å². The highest BCUT2D eigenvalue weighted by Crippen LogP contribution is 2.70. The summed E-state index contributed by atoms with van der Waals surface area (Å²) in [7, 11) is 0. The number of aliphatic hydroxyl groups is 1. The molecule has 1 heterocycles. The Morgan fingerprint density at radius 2 is 1.95 bits per heavy atom. The number of carbonyl (C=O) groups excluding carboxylic acids is 3. The van der Waals surface area contributed by atoms with Crippen LogP contribution in [0.2, 0.25) is 0 Å². The Labute approximate surface area is 245 Å². The second kappa shape index (κ2) is 10.8. The third kappa shape index (κ3) is 4.54. The fraction of sp³-hybridized carbons (Fsp3) is 0.774. The number of ether oxygens (including phenoxy) is 3. The van der Waals surface area contributed by atoms with Gasteiger partial charge in [0, 0.05) is 22.7 Å². The van der Waals surface area contributed by atoms with Gasteiger partial charge in [-0.1, -0.05) is 44.8 Å². The van der Waals surface area contributed by atoms with Gasteiger partial charge in [0.2, 0.25) is 5.78 Å². The van der Waals surface area contributed by atoms with Crippen molar-refractivity contribution in [3.8, 4) is 0 Å². The monoisotopic (exact) mass is 587 g/mol. The van der Waals surface area contributed by atoms with Gasteiger partial charge in [-0.25, -0.2) is 0 Å². The third-order valence-electron chi connectivity index (χ3n) is 11.6. The molecule has 5 unspecified atom stereocenters. The van der Waals surface area contributed by atoms with Crippen molar-refractivity contribution in [2.24, 2.45) is 34.5 Å². The Balaban J connectivity index is 1.29. The predicted molar refractivity (Wildman–Crippen MR) is 146 cm³/mol. The maximum atomic E-state index is 14.3. The lowest BCUT2D eigenvalue weighted by Crippen LogP contribution is -2.63. The maximum Gasteiger partial charge on any atom is 0.308 e. The van der Waals surface area contributed by atoms with E-state index in [1.165, 1.54) is 0 Å². The Morgan fingerprint density at radius 1 is 1.19 bits per heavy atom. The summed E-state index contributed by atoms with van der Waals surface area (Å²) in [6, 6.07) is 0. The molecule has 4 saturated carbocycles. The summed E-state index contributed by atoms with van der Waals surface area (Å²) in [6.45, 7) is 3.13. The lowest BCUT2D eigenvalue weighted by atomic mass is 9.46. The van der Waals surface area contributed by atoms with Crippen molar-refractivity contribution < 1.29 is 43.6 Å². The van der Waals surface area contributed by atoms with Gasteiger partial charge in [-0.3, -0.25) is 14.4 Å². The standard InChI is InChI=1S/C31H41NO10/c1-29-12-10-20(33)14-19(29)8-9-21-22-15-25-31(30(22,2)16-23(34)27(21)29,42-28(41-25)18-6-4-3-5-7-18)24(35)17-39-26(36)11-13-40-32(37)38/h10,12,14,18,21-23,25,27-28,34H,3-9,11,13,15-17H2,1-2H3/t21?,22?,23-,25?,27?,28?,29-,30-,31+/m0/s1. The molecule has 11 nitrogen and oxygen atoms in total. The van der Waals surface area contributed by atoms with Crippen LogP contribution in [0.3, 0.4) is 0 Å². The Hall–Kier alpha value is -2.63. The largest absolute Gasteiger partial charge is 0.457 e. The van der Waals surface area contributed by atoms with Crippen molar-refractivity contribution in [1.29, 1.82) is 0 Å². The number of allylic oxidation sites excluding steroid dienone is 4. The Morgan fingerprint density at radius 3 is 2.69 bits per heavy atom. The van der Waals surface area contributed by atoms with Crippen LogP contribution in [0.25, 0.3) is 0 Å². The molecule has 6 rings (SSSR count). The smallest absolute Gasteiger partial charge is 0.308 e. The normalized spacial score (nSPS) is 42.5. The predicted octanol–water partition coefficient (Wildman–Crippen LogP) is 3.65. The number of fused-ring (bicyclic) bond motifs is 7. The van der Waals surface area contributed by atoms with Crippen LogP contribution in [0.1, 0.15) is 78.1 Å². The summed E-state index contributed by atoms with van der Waals surface area (Å²) in [4.78, 5) is 53.4. The van der Waals surface area contributed by atoms with E-state index in [9.17, 15) is 29.6 Å². The van der Waals surface area contributed by atoms with Gasteiger partial charge in [0.25, 0.3) is 5.09 Å². The first-order valence-corrected chi connectivity index (χ1v) is 15.4. The topological polar surface area (TPSA) is 152 Å². The molecule has 0 bridgehead atoms. The molecule has 5 fully saturated rings. The molecule has 0 amide bonds. The van der Waals surface area contributed by atoms with Gasteiger partial charge in [-0.2, -0.15) is 0 Å². The van der Waals surface area contributed by atoms with Gasteiger partial charge in [0.05, 0.1) is 18.6 Å². The second-order valence-electron chi connectivity index (χ2n) is 13.6. The highest BCUT2D eigenvalue weighted by Gasteiger charge is 2.76. The molecule has 42 heavy (non-hydrogen) atoms. The molecule has 0 aromatic carbocycles. The molecular weight excluding hydrogens is 546 g/mol. The molecule has 5 aliphatic carbocycles. The minimum atomic E-state index is -1.39. The number of hydrogen-bond acceptors (Lipinski definition) is 10. The molecule has 0 radical (unpaired) electrons. The van der Waals surface area contributed by atoms with Gasteiger partial charge >= 0.3 is 5.97 Å². The zero-order chi connectivity index (χ0) is 29.9. The fourth-order valence-electron chi connectivity index (χ4n) is 9.74. The number of hydrogen-bond donors (Lipinski definition) is 1. The summed E-state index contributed by atoms with van der Waals surface area (Å²) in [5, 5.41) is 21.3. The van der Waals surface area contributed by atoms with Crippen LogP contribution in [-0.4, -0.2) is 65.0 Å². The summed E-state index contributed by atoms with van der Waals surface area (Å²) >= 11 is 0. The van der Waals surface area contributed by atoms with E-state index < -0.39 is 65.0 Å². The Bertz CT molecular complexity index is 1210. The molecule has 1 N–H and O–H groups in total. The number of Topliss-reactive ketones (excluding diaryl/α,β-unsaturated/α-hetero) is 1. The Kier molecular flexibility index (Phi) is 7.59. The lowest BCUT2D eigenvalue weighted by Gasteiger charge is -2.59. The van der Waals surface area contributed by atoms with Crippen LogP contribution < -0.4 is 0 Å². The first-order chi connectivity index (χ1) is 20.0. The fourth-order valence-corrected chi connectivity index (χ4v) is 9.74. The van der Waals surface area contributed by atoms with E-state index in [-0.39, 0.29) is 35.9 Å². The quantitative estimate of drug-likeness (QED) is 0.253. The number of esters is 1. The van der Waals surface area contributed by atoms with E-state index >= 15 is 0 Å². The minimum Gasteiger partial charge on any atom is -0.457 e. The molecular formula is C31H41NO10. The number of aliphatic hydroxyl groups excluding tert-OH is 1. The van der Waals surface area contributed by atoms with Crippen LogP contribution in [0.15, 0.2) is 23.8 Å². The zero-order valence-electron chi connectivity index (χ0n) is 24.3. The van der Waals surface area contributed by atoms with E-state index in [0.29, 0.717) is 12.8 Å². The van der Waals surface area contributed by atoms with E-state index in [1.54, 1.807) is 12.2 Å². The molecule has 6 aliphatic rings. The second-order valence-corrected chi connectivity index (χ2v) is 13.6. The first kappa shape index (κ1) is 29.4. The summed E-state index contributed by atoms with van der Waals surface area (Å²) in [5.74, 6) is -1.04. The van der Waals surface area contributed by atoms with Gasteiger partial charge in [-0.15, -0.1) is 10.1 Å². The zero-order valence-corrected chi connectivity index (χ0v) is 24.3. The molecule has 0 spiro atoms. The molecule has 230 valence electrons. The van der Waals surface area contributed by atoms with Crippen LogP contribution in [0, 0.1) is 44.6 Å². The van der Waals surface area contributed by atoms with Crippen molar-refractivity contribution in [3.05, 3.63) is 33.9 Å². The van der Waals surface area contributed by atoms with Crippen molar-refractivity contribution >= 4 is 17.5 Å². The number of carbonyl (C=O) groups is 3. The minimum absolute atomic E-state index is 0.0146. The molecule has 0 aromatic heterocycles. The van der Waals surface area contributed by atoms with E-state index in [2.05, 4.69) is 11.8 Å². The third-order valence-corrected chi connectivity index (χ3v) is 11.6. The van der Waals surface area contributed by atoms with Gasteiger partial charge in [-0.05, 0) is 62.5 Å². The summed E-state index contributed by atoms with van der Waals surface area (Å²) in [5.41, 5.74) is -1.55. The van der Waals surface area contributed by atoms with E-state index in [4.69, 9.17) is 14.2 Å². The SMILES string of the molecule is C[C@]12C=CC(=O)C=C1CCC1C2[C@@H](O)C[C@@]2(C)C1CC1OC(C3CCCCC3)O[C@]12C(=O)COC(=O)CCO[N+](=O)[O-].